The molecule has 1 aliphatic carbocycles. The van der Waals surface area contributed by atoms with Gasteiger partial charge < -0.3 is 10.5 Å². The Hall–Kier alpha value is -0.440. The molecule has 1 aromatic rings. The highest BCUT2D eigenvalue weighted by Gasteiger charge is 2.20. The van der Waals surface area contributed by atoms with Crippen molar-refractivity contribution >= 4 is 23.2 Å². The zero-order chi connectivity index (χ0) is 15.2. The maximum absolute atomic E-state index is 6.39. The van der Waals surface area contributed by atoms with Crippen LogP contribution in [0.1, 0.15) is 63.5 Å². The fraction of sp³-hybridized carbons (Fsp3) is 0.647. The highest BCUT2D eigenvalue weighted by molar-refractivity contribution is 6.34. The van der Waals surface area contributed by atoms with Crippen molar-refractivity contribution in [3.05, 3.63) is 27.7 Å². The molecule has 0 aromatic heterocycles. The van der Waals surface area contributed by atoms with Crippen molar-refractivity contribution in [2.45, 2.75) is 57.9 Å². The summed E-state index contributed by atoms with van der Waals surface area (Å²) in [5.41, 5.74) is 7.33. The molecule has 1 aliphatic rings. The van der Waals surface area contributed by atoms with E-state index in [9.17, 15) is 0 Å². The molecule has 2 nitrogen and oxygen atoms in total. The second-order valence-electron chi connectivity index (χ2n) is 5.94. The molecule has 0 spiro atoms. The van der Waals surface area contributed by atoms with E-state index >= 15 is 0 Å². The summed E-state index contributed by atoms with van der Waals surface area (Å²) in [6.45, 7) is 2.50. The lowest BCUT2D eigenvalue weighted by Gasteiger charge is -2.21. The lowest BCUT2D eigenvalue weighted by atomic mass is 9.90. The van der Waals surface area contributed by atoms with Gasteiger partial charge in [-0.15, -0.1) is 0 Å². The van der Waals surface area contributed by atoms with Crippen LogP contribution >= 0.6 is 23.2 Å². The summed E-state index contributed by atoms with van der Waals surface area (Å²) < 4.78 is 5.46. The molecule has 118 valence electrons. The summed E-state index contributed by atoms with van der Waals surface area (Å²) in [5, 5.41) is 1.25. The first-order valence-corrected chi connectivity index (χ1v) is 8.74. The molecule has 1 unspecified atom stereocenters. The quantitative estimate of drug-likeness (QED) is 0.697. The highest BCUT2D eigenvalue weighted by Crippen LogP contribution is 2.37. The Labute approximate surface area is 137 Å². The van der Waals surface area contributed by atoms with Crippen LogP contribution in [0.25, 0.3) is 0 Å². The van der Waals surface area contributed by atoms with E-state index in [1.54, 1.807) is 6.07 Å². The zero-order valence-electron chi connectivity index (χ0n) is 12.7. The summed E-state index contributed by atoms with van der Waals surface area (Å²) in [6, 6.07) is 3.61. The standard InChI is InChI=1S/C17H25Cl2NO/c1-2-21-17-11-14(18)13(10-15(17)19)16(20)9-12-7-5-3-4-6-8-12/h10-12,16H,2-9,20H2,1H3. The molecule has 21 heavy (non-hydrogen) atoms. The lowest BCUT2D eigenvalue weighted by molar-refractivity contribution is 0.340. The summed E-state index contributed by atoms with van der Waals surface area (Å²) >= 11 is 12.6. The molecule has 1 saturated carbocycles. The van der Waals surface area contributed by atoms with E-state index < -0.39 is 0 Å². The van der Waals surface area contributed by atoms with Gasteiger partial charge in [0.05, 0.1) is 11.6 Å². The van der Waals surface area contributed by atoms with Crippen LogP contribution in [0.5, 0.6) is 5.75 Å². The maximum atomic E-state index is 6.39. The Morgan fingerprint density at radius 2 is 1.81 bits per heavy atom. The van der Waals surface area contributed by atoms with Crippen LogP contribution in [0.3, 0.4) is 0 Å². The van der Waals surface area contributed by atoms with Gasteiger partial charge >= 0.3 is 0 Å². The molecule has 2 rings (SSSR count). The largest absolute Gasteiger partial charge is 0.492 e. The van der Waals surface area contributed by atoms with Gasteiger partial charge in [0.1, 0.15) is 5.75 Å². The molecule has 1 aromatic carbocycles. The third-order valence-electron chi connectivity index (χ3n) is 4.31. The van der Waals surface area contributed by atoms with Crippen molar-refractivity contribution in [2.24, 2.45) is 11.7 Å². The van der Waals surface area contributed by atoms with Crippen LogP contribution < -0.4 is 10.5 Å². The van der Waals surface area contributed by atoms with E-state index in [4.69, 9.17) is 33.7 Å². The molecule has 0 radical (unpaired) electrons. The third-order valence-corrected chi connectivity index (χ3v) is 4.94. The van der Waals surface area contributed by atoms with Gasteiger partial charge in [-0.25, -0.2) is 0 Å². The van der Waals surface area contributed by atoms with Crippen molar-refractivity contribution < 1.29 is 4.74 Å². The van der Waals surface area contributed by atoms with Gasteiger partial charge in [0.15, 0.2) is 0 Å². The number of rotatable bonds is 5. The summed E-state index contributed by atoms with van der Waals surface area (Å²) in [4.78, 5) is 0. The summed E-state index contributed by atoms with van der Waals surface area (Å²) in [5.74, 6) is 1.35. The van der Waals surface area contributed by atoms with E-state index in [2.05, 4.69) is 0 Å². The number of nitrogens with two attached hydrogens (primary N) is 1. The van der Waals surface area contributed by atoms with Gasteiger partial charge in [-0.3, -0.25) is 0 Å². The Balaban J connectivity index is 2.07. The van der Waals surface area contributed by atoms with Crippen LogP contribution in [0, 0.1) is 5.92 Å². The van der Waals surface area contributed by atoms with E-state index in [1.807, 2.05) is 13.0 Å². The highest BCUT2D eigenvalue weighted by atomic mass is 35.5. The molecular weight excluding hydrogens is 305 g/mol. The lowest BCUT2D eigenvalue weighted by Crippen LogP contribution is -2.16. The van der Waals surface area contributed by atoms with Crippen molar-refractivity contribution in [3.8, 4) is 5.75 Å². The van der Waals surface area contributed by atoms with Crippen molar-refractivity contribution in [1.82, 2.24) is 0 Å². The molecule has 0 heterocycles. The SMILES string of the molecule is CCOc1cc(Cl)c(C(N)CC2CCCCCC2)cc1Cl. The van der Waals surface area contributed by atoms with Gasteiger partial charge in [-0.05, 0) is 30.9 Å². The first-order valence-electron chi connectivity index (χ1n) is 7.99. The molecule has 0 bridgehead atoms. The van der Waals surface area contributed by atoms with Crippen molar-refractivity contribution in [3.63, 3.8) is 0 Å². The minimum atomic E-state index is -0.0474. The Morgan fingerprint density at radius 1 is 1.14 bits per heavy atom. The molecular formula is C17H25Cl2NO. The Kier molecular flexibility index (Phi) is 6.66. The first kappa shape index (κ1) is 16.9. The molecule has 1 fully saturated rings. The average Bonchev–Trinajstić information content (AvgIpc) is 2.71. The smallest absolute Gasteiger partial charge is 0.139 e. The van der Waals surface area contributed by atoms with Crippen LogP contribution in [0.2, 0.25) is 10.0 Å². The number of halogens is 2. The van der Waals surface area contributed by atoms with Crippen LogP contribution in [0.4, 0.5) is 0 Å². The van der Waals surface area contributed by atoms with Gasteiger partial charge in [-0.1, -0.05) is 61.7 Å². The van der Waals surface area contributed by atoms with E-state index in [1.165, 1.54) is 38.5 Å². The van der Waals surface area contributed by atoms with E-state index in [0.29, 0.717) is 28.3 Å². The molecule has 0 saturated heterocycles. The maximum Gasteiger partial charge on any atom is 0.139 e. The average molecular weight is 330 g/mol. The third kappa shape index (κ3) is 4.77. The fourth-order valence-electron chi connectivity index (χ4n) is 3.18. The predicted octanol–water partition coefficient (Wildman–Crippen LogP) is 5.75. The number of hydrogen-bond acceptors (Lipinski definition) is 2. The van der Waals surface area contributed by atoms with Crippen molar-refractivity contribution in [1.29, 1.82) is 0 Å². The zero-order valence-corrected chi connectivity index (χ0v) is 14.2. The molecule has 2 N–H and O–H groups in total. The van der Waals surface area contributed by atoms with Gasteiger partial charge in [0, 0.05) is 17.1 Å². The van der Waals surface area contributed by atoms with Gasteiger partial charge in [0.25, 0.3) is 0 Å². The van der Waals surface area contributed by atoms with E-state index in [-0.39, 0.29) is 6.04 Å². The minimum absolute atomic E-state index is 0.0474. The summed E-state index contributed by atoms with van der Waals surface area (Å²) in [7, 11) is 0. The van der Waals surface area contributed by atoms with Crippen LogP contribution in [-0.4, -0.2) is 6.61 Å². The minimum Gasteiger partial charge on any atom is -0.492 e. The second-order valence-corrected chi connectivity index (χ2v) is 6.75. The van der Waals surface area contributed by atoms with Gasteiger partial charge in [0.2, 0.25) is 0 Å². The monoisotopic (exact) mass is 329 g/mol. The summed E-state index contributed by atoms with van der Waals surface area (Å²) in [6.07, 6.45) is 8.95. The Bertz CT molecular complexity index is 456. The fourth-order valence-corrected chi connectivity index (χ4v) is 3.70. The Morgan fingerprint density at radius 3 is 2.43 bits per heavy atom. The first-order chi connectivity index (χ1) is 10.1. The van der Waals surface area contributed by atoms with Crippen LogP contribution in [-0.2, 0) is 0 Å². The molecule has 4 heteroatoms. The molecule has 1 atom stereocenters. The normalized spacial score (nSPS) is 18.3. The predicted molar refractivity (Wildman–Crippen MR) is 90.4 cm³/mol. The van der Waals surface area contributed by atoms with Gasteiger partial charge in [-0.2, -0.15) is 0 Å². The number of ether oxygens (including phenoxy) is 1. The van der Waals surface area contributed by atoms with Crippen LogP contribution in [0.15, 0.2) is 12.1 Å². The molecule has 0 aliphatic heterocycles. The number of benzene rings is 1. The number of hydrogen-bond donors (Lipinski definition) is 1. The van der Waals surface area contributed by atoms with Crippen molar-refractivity contribution in [2.75, 3.05) is 6.61 Å². The topological polar surface area (TPSA) is 35.2 Å². The van der Waals surface area contributed by atoms with E-state index in [0.717, 1.165) is 12.0 Å². The second kappa shape index (κ2) is 8.26. The molecule has 0 amide bonds.